The number of nitrogens with two attached hydrogens (primary N) is 1. The SMILES string of the molecule is CN=C(CC(C)c1ccc(N)cc1)C(C)(C)C. The van der Waals surface area contributed by atoms with E-state index in [0.717, 1.165) is 12.1 Å². The Morgan fingerprint density at radius 2 is 1.76 bits per heavy atom. The molecule has 1 aromatic carbocycles. The zero-order valence-corrected chi connectivity index (χ0v) is 11.6. The molecule has 94 valence electrons. The Kier molecular flexibility index (Phi) is 4.33. The molecular weight excluding hydrogens is 208 g/mol. The minimum Gasteiger partial charge on any atom is -0.399 e. The Bertz CT molecular complexity index is 382. The Morgan fingerprint density at radius 3 is 2.18 bits per heavy atom. The molecule has 0 amide bonds. The minimum atomic E-state index is 0.150. The van der Waals surface area contributed by atoms with Crippen molar-refractivity contribution in [3.05, 3.63) is 29.8 Å². The molecule has 1 unspecified atom stereocenters. The number of hydrogen-bond donors (Lipinski definition) is 1. The third kappa shape index (κ3) is 3.88. The van der Waals surface area contributed by atoms with Gasteiger partial charge in [0.2, 0.25) is 0 Å². The van der Waals surface area contributed by atoms with E-state index >= 15 is 0 Å². The lowest BCUT2D eigenvalue weighted by Gasteiger charge is -2.24. The predicted molar refractivity (Wildman–Crippen MR) is 76.7 cm³/mol. The molecule has 0 saturated heterocycles. The van der Waals surface area contributed by atoms with Gasteiger partial charge in [0.1, 0.15) is 0 Å². The molecule has 1 rings (SSSR count). The second kappa shape index (κ2) is 5.35. The first-order chi connectivity index (χ1) is 7.84. The summed E-state index contributed by atoms with van der Waals surface area (Å²) in [6.45, 7) is 8.88. The third-order valence-corrected chi connectivity index (χ3v) is 3.14. The molecule has 2 N–H and O–H groups in total. The largest absolute Gasteiger partial charge is 0.399 e. The van der Waals surface area contributed by atoms with Crippen LogP contribution < -0.4 is 5.73 Å². The van der Waals surface area contributed by atoms with Crippen molar-refractivity contribution < 1.29 is 0 Å². The predicted octanol–water partition coefficient (Wildman–Crippen LogP) is 3.88. The molecule has 2 nitrogen and oxygen atoms in total. The molecule has 0 aliphatic carbocycles. The van der Waals surface area contributed by atoms with E-state index in [0.29, 0.717) is 5.92 Å². The summed E-state index contributed by atoms with van der Waals surface area (Å²) in [5.74, 6) is 0.480. The van der Waals surface area contributed by atoms with E-state index in [1.54, 1.807) is 0 Å². The van der Waals surface area contributed by atoms with Crippen molar-refractivity contribution in [1.82, 2.24) is 0 Å². The van der Waals surface area contributed by atoms with Crippen LogP contribution in [0.2, 0.25) is 0 Å². The summed E-state index contributed by atoms with van der Waals surface area (Å²) in [6, 6.07) is 8.14. The molecular formula is C15H24N2. The molecule has 0 radical (unpaired) electrons. The van der Waals surface area contributed by atoms with Gasteiger partial charge in [-0.2, -0.15) is 0 Å². The molecule has 2 heteroatoms. The number of benzene rings is 1. The fourth-order valence-electron chi connectivity index (χ4n) is 1.97. The van der Waals surface area contributed by atoms with E-state index < -0.39 is 0 Å². The third-order valence-electron chi connectivity index (χ3n) is 3.14. The van der Waals surface area contributed by atoms with E-state index in [-0.39, 0.29) is 5.41 Å². The van der Waals surface area contributed by atoms with Gasteiger partial charge >= 0.3 is 0 Å². The Labute approximate surface area is 105 Å². The lowest BCUT2D eigenvalue weighted by atomic mass is 9.83. The molecule has 0 aliphatic heterocycles. The molecule has 1 aromatic rings. The quantitative estimate of drug-likeness (QED) is 0.623. The van der Waals surface area contributed by atoms with Gasteiger partial charge in [-0.15, -0.1) is 0 Å². The normalized spacial score (nSPS) is 14.8. The van der Waals surface area contributed by atoms with E-state index in [4.69, 9.17) is 5.73 Å². The maximum atomic E-state index is 5.70. The number of aliphatic imine (C=N–C) groups is 1. The van der Waals surface area contributed by atoms with E-state index in [2.05, 4.69) is 44.8 Å². The van der Waals surface area contributed by atoms with Gasteiger partial charge in [0, 0.05) is 18.4 Å². The van der Waals surface area contributed by atoms with Gasteiger partial charge in [-0.05, 0) is 35.4 Å². The summed E-state index contributed by atoms with van der Waals surface area (Å²) in [6.07, 6.45) is 1.00. The van der Waals surface area contributed by atoms with Crippen molar-refractivity contribution in [2.75, 3.05) is 12.8 Å². The van der Waals surface area contributed by atoms with Crippen molar-refractivity contribution in [2.24, 2.45) is 10.4 Å². The topological polar surface area (TPSA) is 38.4 Å². The van der Waals surface area contributed by atoms with Crippen molar-refractivity contribution in [2.45, 2.75) is 40.0 Å². The van der Waals surface area contributed by atoms with Crippen molar-refractivity contribution in [3.63, 3.8) is 0 Å². The molecule has 0 fully saturated rings. The monoisotopic (exact) mass is 232 g/mol. The van der Waals surface area contributed by atoms with Crippen molar-refractivity contribution in [3.8, 4) is 0 Å². The van der Waals surface area contributed by atoms with Gasteiger partial charge in [-0.25, -0.2) is 0 Å². The second-order valence-corrected chi connectivity index (χ2v) is 5.69. The highest BCUT2D eigenvalue weighted by Gasteiger charge is 2.20. The Hall–Kier alpha value is -1.31. The first-order valence-electron chi connectivity index (χ1n) is 6.16. The van der Waals surface area contributed by atoms with Gasteiger partial charge in [-0.3, -0.25) is 4.99 Å². The molecule has 0 spiro atoms. The zero-order valence-electron chi connectivity index (χ0n) is 11.6. The van der Waals surface area contributed by atoms with Gasteiger partial charge < -0.3 is 5.73 Å². The van der Waals surface area contributed by atoms with Gasteiger partial charge in [0.25, 0.3) is 0 Å². The number of hydrogen-bond acceptors (Lipinski definition) is 2. The highest BCUT2D eigenvalue weighted by Crippen LogP contribution is 2.27. The number of anilines is 1. The zero-order chi connectivity index (χ0) is 13.1. The summed E-state index contributed by atoms with van der Waals surface area (Å²) in [4.78, 5) is 4.43. The van der Waals surface area contributed by atoms with Crippen LogP contribution in [-0.2, 0) is 0 Å². The fourth-order valence-corrected chi connectivity index (χ4v) is 1.97. The van der Waals surface area contributed by atoms with Crippen LogP contribution in [-0.4, -0.2) is 12.8 Å². The average molecular weight is 232 g/mol. The van der Waals surface area contributed by atoms with Crippen LogP contribution >= 0.6 is 0 Å². The van der Waals surface area contributed by atoms with Crippen LogP contribution in [0.4, 0.5) is 5.69 Å². The van der Waals surface area contributed by atoms with E-state index in [1.807, 2.05) is 19.2 Å². The maximum absolute atomic E-state index is 5.70. The number of nitrogen functional groups attached to an aromatic ring is 1. The first kappa shape index (κ1) is 13.8. The highest BCUT2D eigenvalue weighted by atomic mass is 14.7. The first-order valence-corrected chi connectivity index (χ1v) is 6.16. The van der Waals surface area contributed by atoms with Crippen LogP contribution in [0.5, 0.6) is 0 Å². The Balaban J connectivity index is 2.79. The number of nitrogens with zero attached hydrogens (tertiary/aromatic N) is 1. The molecule has 0 aromatic heterocycles. The summed E-state index contributed by atoms with van der Waals surface area (Å²) < 4.78 is 0. The maximum Gasteiger partial charge on any atom is 0.0314 e. The minimum absolute atomic E-state index is 0.150. The highest BCUT2D eigenvalue weighted by molar-refractivity contribution is 5.89. The summed E-state index contributed by atoms with van der Waals surface area (Å²) in [5, 5.41) is 0. The molecule has 0 aliphatic rings. The van der Waals surface area contributed by atoms with Crippen LogP contribution in [0.3, 0.4) is 0 Å². The van der Waals surface area contributed by atoms with Gasteiger partial charge in [0.05, 0.1) is 0 Å². The lowest BCUT2D eigenvalue weighted by Crippen LogP contribution is -2.22. The molecule has 0 heterocycles. The molecule has 1 atom stereocenters. The molecule has 0 saturated carbocycles. The average Bonchev–Trinajstić information content (AvgIpc) is 2.24. The Morgan fingerprint density at radius 1 is 1.24 bits per heavy atom. The van der Waals surface area contributed by atoms with Crippen LogP contribution in [0.15, 0.2) is 29.3 Å². The van der Waals surface area contributed by atoms with Gasteiger partial charge in [-0.1, -0.05) is 39.8 Å². The molecule has 0 bridgehead atoms. The number of rotatable bonds is 3. The van der Waals surface area contributed by atoms with E-state index in [9.17, 15) is 0 Å². The summed E-state index contributed by atoms with van der Waals surface area (Å²) >= 11 is 0. The fraction of sp³-hybridized carbons (Fsp3) is 0.533. The van der Waals surface area contributed by atoms with Crippen LogP contribution in [0.25, 0.3) is 0 Å². The second-order valence-electron chi connectivity index (χ2n) is 5.69. The van der Waals surface area contributed by atoms with E-state index in [1.165, 1.54) is 11.3 Å². The summed E-state index contributed by atoms with van der Waals surface area (Å²) in [5.41, 5.74) is 9.26. The van der Waals surface area contributed by atoms with Crippen LogP contribution in [0, 0.1) is 5.41 Å². The standard InChI is InChI=1S/C15H24N2/c1-11(10-14(17-5)15(2,3)4)12-6-8-13(16)9-7-12/h6-9,11H,10,16H2,1-5H3. The van der Waals surface area contributed by atoms with Crippen molar-refractivity contribution >= 4 is 11.4 Å². The van der Waals surface area contributed by atoms with Crippen molar-refractivity contribution in [1.29, 1.82) is 0 Å². The lowest BCUT2D eigenvalue weighted by molar-refractivity contribution is 0.565. The molecule has 17 heavy (non-hydrogen) atoms. The summed E-state index contributed by atoms with van der Waals surface area (Å²) in [7, 11) is 1.89. The smallest absolute Gasteiger partial charge is 0.0314 e. The van der Waals surface area contributed by atoms with Gasteiger partial charge in [0.15, 0.2) is 0 Å². The van der Waals surface area contributed by atoms with Crippen LogP contribution in [0.1, 0.15) is 45.6 Å².